The predicted molar refractivity (Wildman–Crippen MR) is 233 cm³/mol. The second kappa shape index (κ2) is 17.4. The van der Waals surface area contributed by atoms with Crippen molar-refractivity contribution in [2.24, 2.45) is 10.9 Å². The van der Waals surface area contributed by atoms with E-state index in [1.807, 2.05) is 18.2 Å². The van der Waals surface area contributed by atoms with Gasteiger partial charge in [0, 0.05) is 29.2 Å². The SMILES string of the molecule is [C-]#[N+]c1ccc(Oc2[nH]c(/C(=C3\N=C(Oc4ccc(C#N)cc4)C=C3C3CCCCC3)c3ccccc3)c(C3CCCCC3)c2C(=O)Oc2ccc3ccc(=O)oc3c2)cc1. The summed E-state index contributed by atoms with van der Waals surface area (Å²) in [5.74, 6) is 1.44. The Morgan fingerprint density at radius 3 is 2.15 bits per heavy atom. The third kappa shape index (κ3) is 8.39. The number of aromatic amines is 1. The third-order valence-corrected chi connectivity index (χ3v) is 11.8. The maximum atomic E-state index is 14.9. The predicted octanol–water partition coefficient (Wildman–Crippen LogP) is 12.4. The number of aromatic nitrogens is 1. The third-order valence-electron chi connectivity index (χ3n) is 11.8. The molecule has 6 aromatic rings. The molecule has 10 nitrogen and oxygen atoms in total. The first-order chi connectivity index (χ1) is 29.9. The van der Waals surface area contributed by atoms with Gasteiger partial charge in [-0.3, -0.25) is 0 Å². The lowest BCUT2D eigenvalue weighted by atomic mass is 9.78. The number of benzene rings is 4. The highest BCUT2D eigenvalue weighted by Gasteiger charge is 2.37. The van der Waals surface area contributed by atoms with Gasteiger partial charge in [0.15, 0.2) is 5.69 Å². The molecule has 3 aliphatic rings. The summed E-state index contributed by atoms with van der Waals surface area (Å²) in [4.78, 5) is 39.5. The number of nitrogens with zero attached hydrogens (tertiary/aromatic N) is 3. The van der Waals surface area contributed by atoms with E-state index in [9.17, 15) is 14.9 Å². The number of aliphatic imine (C=N–C) groups is 1. The van der Waals surface area contributed by atoms with E-state index in [1.165, 1.54) is 12.5 Å². The Balaban J connectivity index is 1.26. The number of allylic oxidation sites excluding steroid dienone is 1. The first-order valence-corrected chi connectivity index (χ1v) is 20.9. The lowest BCUT2D eigenvalue weighted by Gasteiger charge is -2.26. The molecule has 0 saturated heterocycles. The van der Waals surface area contributed by atoms with Gasteiger partial charge in [-0.25, -0.2) is 19.4 Å². The molecular weight excluding hydrogens is 765 g/mol. The van der Waals surface area contributed by atoms with Crippen molar-refractivity contribution in [2.45, 2.75) is 70.1 Å². The van der Waals surface area contributed by atoms with Gasteiger partial charge in [0.2, 0.25) is 11.8 Å². The van der Waals surface area contributed by atoms with Crippen LogP contribution in [-0.2, 0) is 0 Å². The first kappa shape index (κ1) is 39.1. The lowest BCUT2D eigenvalue weighted by molar-refractivity contribution is 0.0730. The van der Waals surface area contributed by atoms with Gasteiger partial charge in [0.25, 0.3) is 0 Å². The van der Waals surface area contributed by atoms with Crippen LogP contribution in [-0.4, -0.2) is 16.9 Å². The average Bonchev–Trinajstić information content (AvgIpc) is 3.89. The minimum absolute atomic E-state index is 0.0276. The van der Waals surface area contributed by atoms with Crippen LogP contribution in [0.5, 0.6) is 23.1 Å². The number of hydrogen-bond donors (Lipinski definition) is 1. The van der Waals surface area contributed by atoms with Gasteiger partial charge in [-0.1, -0.05) is 81.0 Å². The zero-order chi connectivity index (χ0) is 41.7. The monoisotopic (exact) mass is 806 g/mol. The molecule has 0 amide bonds. The Morgan fingerprint density at radius 1 is 0.787 bits per heavy atom. The fourth-order valence-corrected chi connectivity index (χ4v) is 8.84. The van der Waals surface area contributed by atoms with E-state index in [4.69, 9.17) is 30.2 Å². The van der Waals surface area contributed by atoms with E-state index in [0.29, 0.717) is 45.3 Å². The molecule has 0 radical (unpaired) electrons. The summed E-state index contributed by atoms with van der Waals surface area (Å²) in [5.41, 5.74) is 6.10. The van der Waals surface area contributed by atoms with E-state index >= 15 is 0 Å². The van der Waals surface area contributed by atoms with Gasteiger partial charge in [-0.05, 0) is 109 Å². The zero-order valence-electron chi connectivity index (χ0n) is 33.5. The van der Waals surface area contributed by atoms with Crippen LogP contribution in [0.15, 0.2) is 141 Å². The number of nitrogens with one attached hydrogen (secondary N) is 1. The molecule has 0 atom stereocenters. The van der Waals surface area contributed by atoms with Crippen molar-refractivity contribution in [3.63, 3.8) is 0 Å². The largest absolute Gasteiger partial charge is 0.440 e. The fraction of sp³-hybridized carbons (Fsp3) is 0.235. The minimum Gasteiger partial charge on any atom is -0.440 e. The van der Waals surface area contributed by atoms with Gasteiger partial charge >= 0.3 is 11.6 Å². The summed E-state index contributed by atoms with van der Waals surface area (Å²) in [6, 6.07) is 34.0. The molecular formula is C51H42N4O6. The van der Waals surface area contributed by atoms with E-state index in [1.54, 1.807) is 72.8 Å². The van der Waals surface area contributed by atoms with Crippen molar-refractivity contribution in [1.82, 2.24) is 4.98 Å². The average molecular weight is 807 g/mol. The van der Waals surface area contributed by atoms with Gasteiger partial charge < -0.3 is 23.6 Å². The van der Waals surface area contributed by atoms with Crippen molar-refractivity contribution in [1.29, 1.82) is 5.26 Å². The molecule has 2 aliphatic carbocycles. The number of H-pyrrole nitrogens is 1. The number of nitriles is 1. The van der Waals surface area contributed by atoms with Gasteiger partial charge in [0.1, 0.15) is 28.4 Å². The smallest absolute Gasteiger partial charge is 0.349 e. The first-order valence-electron chi connectivity index (χ1n) is 20.9. The molecule has 302 valence electrons. The van der Waals surface area contributed by atoms with Crippen LogP contribution in [0.3, 0.4) is 0 Å². The maximum Gasteiger partial charge on any atom is 0.349 e. The molecule has 9 rings (SSSR count). The number of hydrogen-bond acceptors (Lipinski definition) is 8. The van der Waals surface area contributed by atoms with E-state index < -0.39 is 11.6 Å². The van der Waals surface area contributed by atoms with Gasteiger partial charge in [0.05, 0.1) is 29.6 Å². The summed E-state index contributed by atoms with van der Waals surface area (Å²) in [6.45, 7) is 7.49. The highest BCUT2D eigenvalue weighted by Crippen LogP contribution is 2.48. The number of carbonyl (C=O) groups is 1. The van der Waals surface area contributed by atoms with Crippen LogP contribution in [0.2, 0.25) is 0 Å². The Kier molecular flexibility index (Phi) is 11.2. The number of carbonyl (C=O) groups excluding carboxylic acids is 1. The quantitative estimate of drug-likeness (QED) is 0.0666. The second-order valence-electron chi connectivity index (χ2n) is 15.7. The highest BCUT2D eigenvalue weighted by molar-refractivity contribution is 6.02. The van der Waals surface area contributed by atoms with Crippen LogP contribution >= 0.6 is 0 Å². The van der Waals surface area contributed by atoms with E-state index in [-0.39, 0.29) is 29.0 Å². The normalized spacial score (nSPS) is 16.6. The molecule has 2 fully saturated rings. The summed E-state index contributed by atoms with van der Waals surface area (Å²) < 4.78 is 24.7. The minimum atomic E-state index is -0.631. The van der Waals surface area contributed by atoms with Crippen LogP contribution in [0.25, 0.3) is 21.4 Å². The Morgan fingerprint density at radius 2 is 1.44 bits per heavy atom. The van der Waals surface area contributed by atoms with Crippen LogP contribution in [0.4, 0.5) is 5.69 Å². The van der Waals surface area contributed by atoms with Crippen molar-refractivity contribution >= 4 is 34.1 Å². The Labute approximate surface area is 353 Å². The number of esters is 1. The standard InChI is InChI=1S/C51H42N4O6/c1-53-37-21-26-39(27-22-37)59-50-47(51(57)60-40-25-19-34-20-28-44(56)61-42(34)29-40)45(35-13-7-3-8-14-35)49(55-50)46(36-15-9-4-10-16-36)48-41(33-11-5-2-6-12-33)30-43(54-48)58-38-23-17-32(31-52)18-24-38/h4,9-10,15-30,33,35,55H,2-3,5-8,11-14H2/b48-46-. The highest BCUT2D eigenvalue weighted by atomic mass is 16.5. The van der Waals surface area contributed by atoms with Crippen LogP contribution in [0, 0.1) is 23.8 Å². The summed E-state index contributed by atoms with van der Waals surface area (Å²) in [7, 11) is 0. The van der Waals surface area contributed by atoms with Crippen molar-refractivity contribution < 1.29 is 23.4 Å². The van der Waals surface area contributed by atoms with E-state index in [0.717, 1.165) is 85.8 Å². The molecule has 3 heterocycles. The number of ether oxygens (including phenoxy) is 3. The van der Waals surface area contributed by atoms with Gasteiger partial charge in [-0.2, -0.15) is 5.26 Å². The Bertz CT molecular complexity index is 2840. The topological polar surface area (TPSA) is 131 Å². The molecule has 4 aromatic carbocycles. The summed E-state index contributed by atoms with van der Waals surface area (Å²) in [5, 5.41) is 10.1. The van der Waals surface area contributed by atoms with Crippen LogP contribution in [0.1, 0.15) is 103 Å². The molecule has 61 heavy (non-hydrogen) atoms. The molecule has 0 unspecified atom stereocenters. The summed E-state index contributed by atoms with van der Waals surface area (Å²) >= 11 is 0. The number of fused-ring (bicyclic) bond motifs is 1. The molecule has 1 aliphatic heterocycles. The summed E-state index contributed by atoms with van der Waals surface area (Å²) in [6.07, 6.45) is 12.3. The second-order valence-corrected chi connectivity index (χ2v) is 15.7. The van der Waals surface area contributed by atoms with Crippen LogP contribution < -0.4 is 19.8 Å². The molecule has 0 spiro atoms. The van der Waals surface area contributed by atoms with Crippen molar-refractivity contribution in [3.05, 3.63) is 176 Å². The van der Waals surface area contributed by atoms with Gasteiger partial charge in [-0.15, -0.1) is 0 Å². The lowest BCUT2D eigenvalue weighted by Crippen LogP contribution is -2.16. The molecule has 2 aromatic heterocycles. The van der Waals surface area contributed by atoms with Crippen molar-refractivity contribution in [2.75, 3.05) is 0 Å². The van der Waals surface area contributed by atoms with Crippen molar-refractivity contribution in [3.8, 4) is 29.2 Å². The zero-order valence-corrected chi connectivity index (χ0v) is 33.5. The molecule has 2 saturated carbocycles. The number of rotatable bonds is 9. The maximum absolute atomic E-state index is 14.9. The molecule has 1 N–H and O–H groups in total. The molecule has 10 heteroatoms. The molecule has 0 bridgehead atoms. The fourth-order valence-electron chi connectivity index (χ4n) is 8.84. The van der Waals surface area contributed by atoms with E-state index in [2.05, 4.69) is 34.1 Å². The Hall–Kier alpha value is -7.43.